The summed E-state index contributed by atoms with van der Waals surface area (Å²) < 4.78 is 5.05. The number of nitrogens with zero attached hydrogens (tertiary/aromatic N) is 1. The molecule has 0 bridgehead atoms. The zero-order chi connectivity index (χ0) is 13.3. The molecule has 0 aromatic carbocycles. The van der Waals surface area contributed by atoms with E-state index in [-0.39, 0.29) is 6.54 Å². The summed E-state index contributed by atoms with van der Waals surface area (Å²) in [7, 11) is 1.84. The number of alkyl carbamates (subject to hydrolysis) is 1. The lowest BCUT2D eigenvalue weighted by Gasteiger charge is -2.45. The van der Waals surface area contributed by atoms with E-state index in [0.717, 1.165) is 0 Å². The second-order valence-corrected chi connectivity index (χ2v) is 5.61. The summed E-state index contributed by atoms with van der Waals surface area (Å²) in [4.78, 5) is 24.4. The Morgan fingerprint density at radius 3 is 2.29 bits per heavy atom. The minimum atomic E-state index is -0.883. The van der Waals surface area contributed by atoms with E-state index in [2.05, 4.69) is 5.32 Å². The molecule has 0 aromatic heterocycles. The number of hydrogen-bond donors (Lipinski definition) is 2. The van der Waals surface area contributed by atoms with Gasteiger partial charge in [-0.3, -0.25) is 4.79 Å². The summed E-state index contributed by atoms with van der Waals surface area (Å²) in [5, 5.41) is 11.6. The topological polar surface area (TPSA) is 78.9 Å². The monoisotopic (exact) mass is 244 g/mol. The largest absolute Gasteiger partial charge is 0.481 e. The van der Waals surface area contributed by atoms with Gasteiger partial charge in [-0.05, 0) is 27.8 Å². The number of carboxylic acids is 1. The molecule has 0 spiro atoms. The molecule has 1 aliphatic rings. The number of aliphatic carboxylic acids is 1. The first-order valence-electron chi connectivity index (χ1n) is 5.53. The maximum absolute atomic E-state index is 11.4. The molecule has 0 aliphatic carbocycles. The first kappa shape index (κ1) is 13.8. The molecule has 6 heteroatoms. The van der Waals surface area contributed by atoms with E-state index in [1.54, 1.807) is 20.8 Å². The summed E-state index contributed by atoms with van der Waals surface area (Å²) in [6, 6.07) is 0. The molecule has 98 valence electrons. The van der Waals surface area contributed by atoms with Gasteiger partial charge in [0.05, 0.1) is 0 Å². The molecule has 1 amide bonds. The highest BCUT2D eigenvalue weighted by molar-refractivity contribution is 5.78. The van der Waals surface area contributed by atoms with Crippen LogP contribution in [0.4, 0.5) is 4.79 Å². The Kier molecular flexibility index (Phi) is 3.66. The molecule has 1 saturated heterocycles. The van der Waals surface area contributed by atoms with Crippen LogP contribution in [0.2, 0.25) is 0 Å². The molecule has 17 heavy (non-hydrogen) atoms. The summed E-state index contributed by atoms with van der Waals surface area (Å²) in [6.45, 7) is 6.27. The van der Waals surface area contributed by atoms with E-state index in [0.29, 0.717) is 13.1 Å². The number of carbonyl (C=O) groups is 2. The van der Waals surface area contributed by atoms with Crippen molar-refractivity contribution in [3.8, 4) is 0 Å². The van der Waals surface area contributed by atoms with Gasteiger partial charge < -0.3 is 20.1 Å². The van der Waals surface area contributed by atoms with Gasteiger partial charge in [-0.25, -0.2) is 4.79 Å². The Morgan fingerprint density at radius 2 is 1.94 bits per heavy atom. The predicted molar refractivity (Wildman–Crippen MR) is 61.8 cm³/mol. The van der Waals surface area contributed by atoms with Crippen molar-refractivity contribution >= 4 is 12.1 Å². The molecule has 1 heterocycles. The van der Waals surface area contributed by atoms with Crippen molar-refractivity contribution < 1.29 is 19.4 Å². The molecular formula is C11H20N2O4. The van der Waals surface area contributed by atoms with Crippen molar-refractivity contribution in [2.75, 3.05) is 26.7 Å². The van der Waals surface area contributed by atoms with Crippen LogP contribution in [0.1, 0.15) is 20.8 Å². The fourth-order valence-electron chi connectivity index (χ4n) is 1.87. The van der Waals surface area contributed by atoms with Gasteiger partial charge >= 0.3 is 12.1 Å². The molecule has 0 radical (unpaired) electrons. The summed E-state index contributed by atoms with van der Waals surface area (Å²) in [5.41, 5.74) is -1.44. The van der Waals surface area contributed by atoms with E-state index in [1.807, 2.05) is 11.9 Å². The van der Waals surface area contributed by atoms with Crippen molar-refractivity contribution in [1.82, 2.24) is 10.2 Å². The average molecular weight is 244 g/mol. The number of rotatable bonds is 3. The number of hydrogen-bond acceptors (Lipinski definition) is 4. The highest BCUT2D eigenvalue weighted by Crippen LogP contribution is 2.28. The molecule has 1 aliphatic heterocycles. The standard InChI is InChI=1S/C11H20N2O4/c1-10(2,3)17-9(16)12-5-11(8(14)15)6-13(4)7-11/h5-7H2,1-4H3,(H,12,16)(H,14,15). The van der Waals surface area contributed by atoms with Crippen LogP contribution in [-0.2, 0) is 9.53 Å². The van der Waals surface area contributed by atoms with Crippen LogP contribution in [0, 0.1) is 5.41 Å². The predicted octanol–water partition coefficient (Wildman–Crippen LogP) is 0.527. The van der Waals surface area contributed by atoms with Crippen LogP contribution in [0.5, 0.6) is 0 Å². The number of amides is 1. The quantitative estimate of drug-likeness (QED) is 0.757. The van der Waals surface area contributed by atoms with Gasteiger partial charge in [0, 0.05) is 19.6 Å². The molecular weight excluding hydrogens is 224 g/mol. The Morgan fingerprint density at radius 1 is 1.41 bits per heavy atom. The average Bonchev–Trinajstić information content (AvgIpc) is 2.06. The van der Waals surface area contributed by atoms with Gasteiger partial charge in [-0.1, -0.05) is 0 Å². The fourth-order valence-corrected chi connectivity index (χ4v) is 1.87. The minimum Gasteiger partial charge on any atom is -0.481 e. The van der Waals surface area contributed by atoms with Crippen LogP contribution in [0.25, 0.3) is 0 Å². The zero-order valence-electron chi connectivity index (χ0n) is 10.7. The van der Waals surface area contributed by atoms with Crippen LogP contribution >= 0.6 is 0 Å². The molecule has 0 unspecified atom stereocenters. The molecule has 1 fully saturated rings. The maximum Gasteiger partial charge on any atom is 0.407 e. The second kappa shape index (κ2) is 4.52. The number of nitrogens with one attached hydrogen (secondary N) is 1. The SMILES string of the molecule is CN1CC(CNC(=O)OC(C)(C)C)(C(=O)O)C1. The number of carboxylic acid groups (broad SMARTS) is 1. The number of carbonyl (C=O) groups excluding carboxylic acids is 1. The third-order valence-corrected chi connectivity index (χ3v) is 2.57. The second-order valence-electron chi connectivity index (χ2n) is 5.61. The van der Waals surface area contributed by atoms with Crippen molar-refractivity contribution in [1.29, 1.82) is 0 Å². The fraction of sp³-hybridized carbons (Fsp3) is 0.818. The third kappa shape index (κ3) is 3.59. The van der Waals surface area contributed by atoms with Crippen molar-refractivity contribution in [2.45, 2.75) is 26.4 Å². The molecule has 0 saturated carbocycles. The molecule has 0 aromatic rings. The Labute approximate surface area is 101 Å². The van der Waals surface area contributed by atoms with Crippen LogP contribution < -0.4 is 5.32 Å². The Hall–Kier alpha value is -1.30. The lowest BCUT2D eigenvalue weighted by molar-refractivity contribution is -0.158. The lowest BCUT2D eigenvalue weighted by Crippen LogP contribution is -2.63. The van der Waals surface area contributed by atoms with Crippen molar-refractivity contribution in [3.63, 3.8) is 0 Å². The zero-order valence-corrected chi connectivity index (χ0v) is 10.7. The van der Waals surface area contributed by atoms with E-state index in [4.69, 9.17) is 9.84 Å². The third-order valence-electron chi connectivity index (χ3n) is 2.57. The van der Waals surface area contributed by atoms with E-state index >= 15 is 0 Å². The van der Waals surface area contributed by atoms with Crippen molar-refractivity contribution in [2.24, 2.45) is 5.41 Å². The van der Waals surface area contributed by atoms with Gasteiger partial charge in [-0.15, -0.1) is 0 Å². The maximum atomic E-state index is 11.4. The highest BCUT2D eigenvalue weighted by atomic mass is 16.6. The summed E-state index contributed by atoms with van der Waals surface area (Å²) >= 11 is 0. The summed E-state index contributed by atoms with van der Waals surface area (Å²) in [6.07, 6.45) is -0.576. The van der Waals surface area contributed by atoms with Crippen molar-refractivity contribution in [3.05, 3.63) is 0 Å². The van der Waals surface area contributed by atoms with E-state index in [1.165, 1.54) is 0 Å². The van der Waals surface area contributed by atoms with E-state index in [9.17, 15) is 9.59 Å². The highest BCUT2D eigenvalue weighted by Gasteiger charge is 2.48. The van der Waals surface area contributed by atoms with Crippen LogP contribution in [-0.4, -0.2) is 54.4 Å². The summed E-state index contributed by atoms with van der Waals surface area (Å²) in [5.74, 6) is -0.883. The Balaban J connectivity index is 2.44. The molecule has 6 nitrogen and oxygen atoms in total. The first-order valence-corrected chi connectivity index (χ1v) is 5.53. The van der Waals surface area contributed by atoms with Crippen LogP contribution in [0.15, 0.2) is 0 Å². The Bertz CT molecular complexity index is 316. The minimum absolute atomic E-state index is 0.0988. The molecule has 2 N–H and O–H groups in total. The lowest BCUT2D eigenvalue weighted by atomic mass is 9.80. The smallest absolute Gasteiger partial charge is 0.407 e. The van der Waals surface area contributed by atoms with Gasteiger partial charge in [0.15, 0.2) is 0 Å². The number of likely N-dealkylation sites (tertiary alicyclic amines) is 1. The van der Waals surface area contributed by atoms with Gasteiger partial charge in [0.1, 0.15) is 11.0 Å². The number of ether oxygens (including phenoxy) is 1. The normalized spacial score (nSPS) is 19.3. The van der Waals surface area contributed by atoms with E-state index < -0.39 is 23.1 Å². The van der Waals surface area contributed by atoms with Crippen LogP contribution in [0.3, 0.4) is 0 Å². The molecule has 0 atom stereocenters. The van der Waals surface area contributed by atoms with Gasteiger partial charge in [-0.2, -0.15) is 0 Å². The van der Waals surface area contributed by atoms with Gasteiger partial charge in [0.25, 0.3) is 0 Å². The first-order chi connectivity index (χ1) is 7.65. The molecule has 1 rings (SSSR count). The van der Waals surface area contributed by atoms with Gasteiger partial charge in [0.2, 0.25) is 0 Å².